The van der Waals surface area contributed by atoms with Gasteiger partial charge in [-0.3, -0.25) is 9.58 Å². The zero-order valence-electron chi connectivity index (χ0n) is 9.92. The van der Waals surface area contributed by atoms with E-state index in [1.54, 1.807) is 4.90 Å². The molecule has 3 rings (SSSR count). The first kappa shape index (κ1) is 10.1. The lowest BCUT2D eigenvalue weighted by Crippen LogP contribution is -2.29. The number of urea groups is 1. The van der Waals surface area contributed by atoms with Crippen molar-refractivity contribution in [1.82, 2.24) is 14.7 Å². The summed E-state index contributed by atoms with van der Waals surface area (Å²) in [5, 5.41) is 5.26. The van der Waals surface area contributed by atoms with Crippen LogP contribution in [0.5, 0.6) is 0 Å². The number of aryl methyl sites for hydroxylation is 1. The average molecular weight is 230 g/mol. The summed E-state index contributed by atoms with van der Waals surface area (Å²) in [6, 6.07) is 6.00. The Balaban J connectivity index is 2.15. The van der Waals surface area contributed by atoms with Gasteiger partial charge >= 0.3 is 6.03 Å². The van der Waals surface area contributed by atoms with E-state index < -0.39 is 0 Å². The number of aromatic nitrogens is 2. The maximum absolute atomic E-state index is 12.0. The number of anilines is 1. The number of hydrogen-bond donors (Lipinski definition) is 0. The number of carbonyl (C=O) groups is 1. The predicted octanol–water partition coefficient (Wildman–Crippen LogP) is 1.45. The molecule has 0 unspecified atom stereocenters. The van der Waals surface area contributed by atoms with E-state index in [0.29, 0.717) is 0 Å². The number of benzene rings is 1. The van der Waals surface area contributed by atoms with Crippen molar-refractivity contribution in [2.45, 2.75) is 0 Å². The highest BCUT2D eigenvalue weighted by Crippen LogP contribution is 2.28. The first-order valence-electron chi connectivity index (χ1n) is 5.62. The number of carbonyl (C=O) groups excluding carboxylic acids is 1. The monoisotopic (exact) mass is 230 g/mol. The molecule has 88 valence electrons. The Morgan fingerprint density at radius 3 is 2.76 bits per heavy atom. The molecule has 1 saturated heterocycles. The Bertz CT molecular complexity index is 589. The Hall–Kier alpha value is -2.04. The number of rotatable bonds is 1. The third kappa shape index (κ3) is 1.39. The van der Waals surface area contributed by atoms with Crippen LogP contribution in [0, 0.1) is 0 Å². The highest BCUT2D eigenvalue weighted by Gasteiger charge is 2.27. The molecule has 2 heterocycles. The molecule has 0 saturated carbocycles. The summed E-state index contributed by atoms with van der Waals surface area (Å²) in [4.78, 5) is 15.5. The molecule has 1 aliphatic heterocycles. The third-order valence-electron chi connectivity index (χ3n) is 3.28. The van der Waals surface area contributed by atoms with E-state index in [1.807, 2.05) is 48.1 Å². The zero-order valence-corrected chi connectivity index (χ0v) is 9.92. The van der Waals surface area contributed by atoms with Gasteiger partial charge in [0.15, 0.2) is 0 Å². The molecule has 1 aromatic heterocycles. The third-order valence-corrected chi connectivity index (χ3v) is 3.28. The highest BCUT2D eigenvalue weighted by molar-refractivity contribution is 6.03. The molecule has 1 aliphatic rings. The molecule has 1 aromatic carbocycles. The fraction of sp³-hybridized carbons (Fsp3) is 0.333. The fourth-order valence-corrected chi connectivity index (χ4v) is 2.27. The van der Waals surface area contributed by atoms with Gasteiger partial charge in [0.05, 0.1) is 17.4 Å². The summed E-state index contributed by atoms with van der Waals surface area (Å²) in [5.74, 6) is 0. The summed E-state index contributed by atoms with van der Waals surface area (Å²) in [6.07, 6.45) is 1.82. The van der Waals surface area contributed by atoms with Crippen LogP contribution in [-0.4, -0.2) is 40.8 Å². The van der Waals surface area contributed by atoms with E-state index in [4.69, 9.17) is 0 Å². The van der Waals surface area contributed by atoms with Gasteiger partial charge in [-0.2, -0.15) is 5.10 Å². The van der Waals surface area contributed by atoms with Crippen molar-refractivity contribution in [3.05, 3.63) is 24.4 Å². The van der Waals surface area contributed by atoms with Gasteiger partial charge in [-0.05, 0) is 12.1 Å². The average Bonchev–Trinajstić information content (AvgIpc) is 2.86. The van der Waals surface area contributed by atoms with Gasteiger partial charge in [-0.1, -0.05) is 6.07 Å². The first-order valence-corrected chi connectivity index (χ1v) is 5.62. The van der Waals surface area contributed by atoms with Gasteiger partial charge in [-0.25, -0.2) is 4.79 Å². The van der Waals surface area contributed by atoms with Gasteiger partial charge in [0.25, 0.3) is 0 Å². The maximum atomic E-state index is 12.0. The van der Waals surface area contributed by atoms with E-state index in [9.17, 15) is 4.79 Å². The van der Waals surface area contributed by atoms with Crippen LogP contribution in [0.4, 0.5) is 10.5 Å². The fourth-order valence-electron chi connectivity index (χ4n) is 2.27. The largest absolute Gasteiger partial charge is 0.326 e. The summed E-state index contributed by atoms with van der Waals surface area (Å²) < 4.78 is 1.82. The van der Waals surface area contributed by atoms with Gasteiger partial charge in [0.2, 0.25) is 0 Å². The maximum Gasteiger partial charge on any atom is 0.324 e. The van der Waals surface area contributed by atoms with Crippen LogP contribution >= 0.6 is 0 Å². The van der Waals surface area contributed by atoms with Crippen molar-refractivity contribution in [2.24, 2.45) is 7.05 Å². The molecule has 5 heteroatoms. The Morgan fingerprint density at radius 1 is 1.24 bits per heavy atom. The molecule has 0 spiro atoms. The van der Waals surface area contributed by atoms with E-state index in [2.05, 4.69) is 5.10 Å². The molecule has 0 aliphatic carbocycles. The van der Waals surface area contributed by atoms with Crippen molar-refractivity contribution in [3.8, 4) is 0 Å². The van der Waals surface area contributed by atoms with E-state index in [-0.39, 0.29) is 6.03 Å². The van der Waals surface area contributed by atoms with Crippen LogP contribution in [-0.2, 0) is 7.05 Å². The van der Waals surface area contributed by atoms with Gasteiger partial charge in [0.1, 0.15) is 0 Å². The lowest BCUT2D eigenvalue weighted by molar-refractivity contribution is 0.229. The number of hydrogen-bond acceptors (Lipinski definition) is 2. The zero-order chi connectivity index (χ0) is 12.0. The summed E-state index contributed by atoms with van der Waals surface area (Å²) in [7, 11) is 3.73. The van der Waals surface area contributed by atoms with Crippen LogP contribution in [0.1, 0.15) is 0 Å². The second-order valence-corrected chi connectivity index (χ2v) is 4.33. The molecule has 0 N–H and O–H groups in total. The molecule has 5 nitrogen and oxygen atoms in total. The lowest BCUT2D eigenvalue weighted by atomic mass is 10.2. The number of nitrogens with zero attached hydrogens (tertiary/aromatic N) is 4. The summed E-state index contributed by atoms with van der Waals surface area (Å²) in [5.41, 5.74) is 2.00. The molecule has 2 aromatic rings. The standard InChI is InChI=1S/C12H14N4O/c1-14-6-7-16(12(14)17)11-5-3-4-10-9(11)8-13-15(10)2/h3-5,8H,6-7H2,1-2H3. The van der Waals surface area contributed by atoms with Crippen molar-refractivity contribution >= 4 is 22.6 Å². The van der Waals surface area contributed by atoms with Crippen molar-refractivity contribution in [1.29, 1.82) is 0 Å². The minimum Gasteiger partial charge on any atom is -0.326 e. The summed E-state index contributed by atoms with van der Waals surface area (Å²) >= 11 is 0. The molecule has 17 heavy (non-hydrogen) atoms. The van der Waals surface area contributed by atoms with Crippen LogP contribution in [0.15, 0.2) is 24.4 Å². The molecule has 1 fully saturated rings. The molecule has 0 atom stereocenters. The molecule has 0 bridgehead atoms. The summed E-state index contributed by atoms with van der Waals surface area (Å²) in [6.45, 7) is 1.51. The minimum absolute atomic E-state index is 0.0568. The first-order chi connectivity index (χ1) is 8.18. The Morgan fingerprint density at radius 2 is 2.06 bits per heavy atom. The normalized spacial score (nSPS) is 16.2. The Labute approximate surface area is 99.2 Å². The van der Waals surface area contributed by atoms with Crippen molar-refractivity contribution in [2.75, 3.05) is 25.0 Å². The van der Waals surface area contributed by atoms with Gasteiger partial charge in [-0.15, -0.1) is 0 Å². The molecular formula is C12H14N4O. The van der Waals surface area contributed by atoms with Gasteiger partial charge in [0, 0.05) is 32.6 Å². The highest BCUT2D eigenvalue weighted by atomic mass is 16.2. The predicted molar refractivity (Wildman–Crippen MR) is 66.1 cm³/mol. The van der Waals surface area contributed by atoms with Crippen molar-refractivity contribution < 1.29 is 4.79 Å². The quantitative estimate of drug-likeness (QED) is 0.744. The second kappa shape index (κ2) is 3.48. The SMILES string of the molecule is CN1CCN(c2cccc3c2cnn3C)C1=O. The number of likely N-dealkylation sites (N-methyl/N-ethyl adjacent to an activating group) is 1. The van der Waals surface area contributed by atoms with Crippen LogP contribution in [0.2, 0.25) is 0 Å². The molecule has 0 radical (unpaired) electrons. The van der Waals surface area contributed by atoms with Crippen molar-refractivity contribution in [3.63, 3.8) is 0 Å². The topological polar surface area (TPSA) is 41.4 Å². The van der Waals surface area contributed by atoms with Crippen LogP contribution in [0.25, 0.3) is 10.9 Å². The van der Waals surface area contributed by atoms with Gasteiger partial charge < -0.3 is 4.90 Å². The van der Waals surface area contributed by atoms with Crippen LogP contribution < -0.4 is 4.90 Å². The number of fused-ring (bicyclic) bond motifs is 1. The Kier molecular flexibility index (Phi) is 2.07. The molecular weight excluding hydrogens is 216 g/mol. The minimum atomic E-state index is 0.0568. The molecule has 2 amide bonds. The smallest absolute Gasteiger partial charge is 0.324 e. The van der Waals surface area contributed by atoms with Crippen LogP contribution in [0.3, 0.4) is 0 Å². The number of amides is 2. The van der Waals surface area contributed by atoms with E-state index >= 15 is 0 Å². The lowest BCUT2D eigenvalue weighted by Gasteiger charge is -2.16. The second-order valence-electron chi connectivity index (χ2n) is 4.33. The van der Waals surface area contributed by atoms with E-state index in [1.165, 1.54) is 0 Å². The van der Waals surface area contributed by atoms with E-state index in [0.717, 1.165) is 29.7 Å².